The largest absolute Gasteiger partial charge is 0.493 e. The van der Waals surface area contributed by atoms with E-state index in [2.05, 4.69) is 31.2 Å². The van der Waals surface area contributed by atoms with Gasteiger partial charge in [0.05, 0.1) is 25.6 Å². The zero-order valence-corrected chi connectivity index (χ0v) is 12.3. The van der Waals surface area contributed by atoms with E-state index < -0.39 is 0 Å². The number of methoxy groups -OCH3 is 2. The van der Waals surface area contributed by atoms with Crippen LogP contribution in [0.5, 0.6) is 11.5 Å². The lowest BCUT2D eigenvalue weighted by Crippen LogP contribution is -2.12. The Hall–Kier alpha value is -2.36. The van der Waals surface area contributed by atoms with Gasteiger partial charge >= 0.3 is 0 Å². The lowest BCUT2D eigenvalue weighted by molar-refractivity contribution is 0.355. The Kier molecular flexibility index (Phi) is 4.03. The van der Waals surface area contributed by atoms with Crippen molar-refractivity contribution in [2.45, 2.75) is 6.92 Å². The highest BCUT2D eigenvalue weighted by Crippen LogP contribution is 2.38. The molecule has 0 aliphatic rings. The second-order valence-corrected chi connectivity index (χ2v) is 4.66. The molecule has 0 aliphatic heterocycles. The molecule has 4 heteroatoms. The van der Waals surface area contributed by atoms with E-state index in [4.69, 9.17) is 15.2 Å². The van der Waals surface area contributed by atoms with Gasteiger partial charge < -0.3 is 20.1 Å². The molecule has 2 aromatic carbocycles. The number of nitrogens with two attached hydrogens (primary N) is 1. The van der Waals surface area contributed by atoms with E-state index in [0.717, 1.165) is 11.4 Å². The lowest BCUT2D eigenvalue weighted by Gasteiger charge is -2.23. The van der Waals surface area contributed by atoms with Gasteiger partial charge in [-0.2, -0.15) is 0 Å². The van der Waals surface area contributed by atoms with Crippen molar-refractivity contribution in [3.8, 4) is 11.5 Å². The number of nitrogens with zero attached hydrogens (tertiary/aromatic N) is 1. The highest BCUT2D eigenvalue weighted by molar-refractivity contribution is 5.78. The number of anilines is 3. The maximum atomic E-state index is 6.11. The Morgan fingerprint density at radius 2 is 1.50 bits per heavy atom. The Bertz CT molecular complexity index is 594. The van der Waals surface area contributed by atoms with Crippen molar-refractivity contribution in [3.05, 3.63) is 42.0 Å². The van der Waals surface area contributed by atoms with Gasteiger partial charge in [-0.1, -0.05) is 17.7 Å². The molecule has 0 atom stereocenters. The normalized spacial score (nSPS) is 10.2. The van der Waals surface area contributed by atoms with Gasteiger partial charge in [-0.3, -0.25) is 0 Å². The van der Waals surface area contributed by atoms with Crippen LogP contribution in [0, 0.1) is 6.92 Å². The first-order chi connectivity index (χ1) is 9.56. The zero-order chi connectivity index (χ0) is 14.7. The van der Waals surface area contributed by atoms with Gasteiger partial charge in [0.25, 0.3) is 0 Å². The summed E-state index contributed by atoms with van der Waals surface area (Å²) < 4.78 is 10.6. The van der Waals surface area contributed by atoms with Crippen LogP contribution in [0.3, 0.4) is 0 Å². The van der Waals surface area contributed by atoms with Crippen LogP contribution in [0.25, 0.3) is 0 Å². The molecule has 0 unspecified atom stereocenters. The number of benzene rings is 2. The predicted octanol–water partition coefficient (Wildman–Crippen LogP) is 3.36. The summed E-state index contributed by atoms with van der Waals surface area (Å²) in [7, 11) is 5.19. The summed E-state index contributed by atoms with van der Waals surface area (Å²) in [5, 5.41) is 0. The average molecular weight is 272 g/mol. The van der Waals surface area contributed by atoms with Crippen molar-refractivity contribution >= 4 is 17.1 Å². The minimum atomic E-state index is 0.631. The third-order valence-corrected chi connectivity index (χ3v) is 3.32. The van der Waals surface area contributed by atoms with Crippen LogP contribution in [0.1, 0.15) is 5.56 Å². The molecule has 0 radical (unpaired) electrons. The van der Waals surface area contributed by atoms with Gasteiger partial charge in [-0.25, -0.2) is 0 Å². The number of aryl methyl sites for hydroxylation is 1. The van der Waals surface area contributed by atoms with E-state index in [0.29, 0.717) is 17.2 Å². The molecule has 0 saturated carbocycles. The number of hydrogen-bond donors (Lipinski definition) is 1. The summed E-state index contributed by atoms with van der Waals surface area (Å²) in [6.45, 7) is 2.06. The molecular weight excluding hydrogens is 252 g/mol. The van der Waals surface area contributed by atoms with Crippen molar-refractivity contribution in [3.63, 3.8) is 0 Å². The molecule has 0 fully saturated rings. The molecule has 4 nitrogen and oxygen atoms in total. The van der Waals surface area contributed by atoms with Crippen molar-refractivity contribution in [2.24, 2.45) is 0 Å². The van der Waals surface area contributed by atoms with Gasteiger partial charge in [0.2, 0.25) is 0 Å². The zero-order valence-electron chi connectivity index (χ0n) is 12.3. The average Bonchev–Trinajstić information content (AvgIpc) is 2.47. The van der Waals surface area contributed by atoms with Gasteiger partial charge in [-0.15, -0.1) is 0 Å². The fourth-order valence-corrected chi connectivity index (χ4v) is 2.08. The predicted molar refractivity (Wildman–Crippen MR) is 83.2 cm³/mol. The van der Waals surface area contributed by atoms with Crippen molar-refractivity contribution in [1.29, 1.82) is 0 Å². The highest BCUT2D eigenvalue weighted by atomic mass is 16.5. The fourth-order valence-electron chi connectivity index (χ4n) is 2.08. The van der Waals surface area contributed by atoms with E-state index in [1.165, 1.54) is 5.56 Å². The second-order valence-electron chi connectivity index (χ2n) is 4.66. The minimum absolute atomic E-state index is 0.631. The number of nitrogen functional groups attached to an aromatic ring is 1. The summed E-state index contributed by atoms with van der Waals surface area (Å²) in [5.41, 5.74) is 9.93. The highest BCUT2D eigenvalue weighted by Gasteiger charge is 2.13. The first-order valence-corrected chi connectivity index (χ1v) is 6.38. The van der Waals surface area contributed by atoms with E-state index in [1.807, 2.05) is 18.0 Å². The maximum Gasteiger partial charge on any atom is 0.162 e. The number of hydrogen-bond acceptors (Lipinski definition) is 4. The SMILES string of the molecule is COc1cc(N)c(N(C)c2ccc(C)cc2)cc1OC. The standard InChI is InChI=1S/C16H20N2O2/c1-11-5-7-12(8-6-11)18(2)14-10-16(20-4)15(19-3)9-13(14)17/h5-10H,17H2,1-4H3. The topological polar surface area (TPSA) is 47.7 Å². The van der Waals surface area contributed by atoms with Crippen LogP contribution in [0.2, 0.25) is 0 Å². The van der Waals surface area contributed by atoms with E-state index in [-0.39, 0.29) is 0 Å². The molecule has 2 aromatic rings. The minimum Gasteiger partial charge on any atom is -0.493 e. The number of rotatable bonds is 4. The van der Waals surface area contributed by atoms with Crippen LogP contribution >= 0.6 is 0 Å². The van der Waals surface area contributed by atoms with Crippen molar-refractivity contribution in [1.82, 2.24) is 0 Å². The molecule has 2 rings (SSSR count). The fraction of sp³-hybridized carbons (Fsp3) is 0.250. The molecule has 0 aliphatic carbocycles. The molecule has 0 saturated heterocycles. The summed E-state index contributed by atoms with van der Waals surface area (Å²) in [5.74, 6) is 1.29. The smallest absolute Gasteiger partial charge is 0.162 e. The molecule has 20 heavy (non-hydrogen) atoms. The maximum absolute atomic E-state index is 6.11. The van der Waals surface area contributed by atoms with Crippen LogP contribution in [-0.4, -0.2) is 21.3 Å². The molecule has 0 spiro atoms. The number of ether oxygens (including phenoxy) is 2. The second kappa shape index (κ2) is 5.74. The van der Waals surface area contributed by atoms with E-state index in [9.17, 15) is 0 Å². The molecule has 0 aromatic heterocycles. The molecule has 106 valence electrons. The van der Waals surface area contributed by atoms with Crippen molar-refractivity contribution < 1.29 is 9.47 Å². The summed E-state index contributed by atoms with van der Waals surface area (Å²) in [6, 6.07) is 11.9. The van der Waals surface area contributed by atoms with Gasteiger partial charge in [-0.05, 0) is 19.1 Å². The first-order valence-electron chi connectivity index (χ1n) is 6.38. The molecule has 0 bridgehead atoms. The molecule has 2 N–H and O–H groups in total. The Labute approximate surface area is 119 Å². The van der Waals surface area contributed by atoms with E-state index in [1.54, 1.807) is 20.3 Å². The Balaban J connectivity index is 2.43. The third kappa shape index (κ3) is 2.64. The van der Waals surface area contributed by atoms with Gasteiger partial charge in [0, 0.05) is 24.9 Å². The van der Waals surface area contributed by atoms with Crippen LogP contribution < -0.4 is 20.1 Å². The van der Waals surface area contributed by atoms with Crippen LogP contribution in [-0.2, 0) is 0 Å². The Morgan fingerprint density at radius 1 is 0.950 bits per heavy atom. The first kappa shape index (κ1) is 14.1. The van der Waals surface area contributed by atoms with E-state index >= 15 is 0 Å². The van der Waals surface area contributed by atoms with Gasteiger partial charge in [0.15, 0.2) is 11.5 Å². The quantitative estimate of drug-likeness (QED) is 0.867. The van der Waals surface area contributed by atoms with Crippen LogP contribution in [0.4, 0.5) is 17.1 Å². The monoisotopic (exact) mass is 272 g/mol. The summed E-state index contributed by atoms with van der Waals surface area (Å²) in [6.07, 6.45) is 0. The van der Waals surface area contributed by atoms with Crippen LogP contribution in [0.15, 0.2) is 36.4 Å². The van der Waals surface area contributed by atoms with Crippen molar-refractivity contribution in [2.75, 3.05) is 31.9 Å². The summed E-state index contributed by atoms with van der Waals surface area (Å²) in [4.78, 5) is 2.02. The van der Waals surface area contributed by atoms with Gasteiger partial charge in [0.1, 0.15) is 0 Å². The molecule has 0 heterocycles. The Morgan fingerprint density at radius 3 is 2.05 bits per heavy atom. The third-order valence-electron chi connectivity index (χ3n) is 3.32. The molecule has 0 amide bonds. The lowest BCUT2D eigenvalue weighted by atomic mass is 10.2. The summed E-state index contributed by atoms with van der Waals surface area (Å²) >= 11 is 0. The molecular formula is C16H20N2O2.